The molecule has 1 saturated heterocycles. The monoisotopic (exact) mass is 537 g/mol. The van der Waals surface area contributed by atoms with Gasteiger partial charge >= 0.3 is 0 Å². The summed E-state index contributed by atoms with van der Waals surface area (Å²) in [6.45, 7) is 3.28. The highest BCUT2D eigenvalue weighted by Crippen LogP contribution is 2.32. The molecule has 12 heteroatoms. The highest BCUT2D eigenvalue weighted by atomic mass is 19.3. The van der Waals surface area contributed by atoms with E-state index in [4.69, 9.17) is 9.47 Å². The Labute approximate surface area is 223 Å². The second-order valence-corrected chi connectivity index (χ2v) is 10.0. The van der Waals surface area contributed by atoms with Crippen LogP contribution < -0.4 is 15.4 Å². The predicted octanol–water partition coefficient (Wildman–Crippen LogP) is 4.26. The average Bonchev–Trinajstić information content (AvgIpc) is 3.41. The summed E-state index contributed by atoms with van der Waals surface area (Å²) in [5.41, 5.74) is 4.27. The average molecular weight is 538 g/mol. The SMILES string of the molecule is Cc1cc2cc(n1)-c1cnn(C)c1OCCC[C@@H](C(F)F)Cn1c(nc3cc(NC4COC4)ccc31)NC2=O. The summed E-state index contributed by atoms with van der Waals surface area (Å²) < 4.78 is 42.9. The van der Waals surface area contributed by atoms with Crippen LogP contribution in [0, 0.1) is 12.8 Å². The Morgan fingerprint density at radius 3 is 2.79 bits per heavy atom. The first-order valence-electron chi connectivity index (χ1n) is 12.9. The van der Waals surface area contributed by atoms with Gasteiger partial charge in [0.25, 0.3) is 5.91 Å². The predicted molar refractivity (Wildman–Crippen MR) is 141 cm³/mol. The fourth-order valence-corrected chi connectivity index (χ4v) is 4.98. The number of pyridine rings is 1. The van der Waals surface area contributed by atoms with Gasteiger partial charge in [0.2, 0.25) is 18.3 Å². The number of fused-ring (bicyclic) bond motifs is 7. The molecule has 2 aliphatic heterocycles. The first-order chi connectivity index (χ1) is 18.9. The zero-order chi connectivity index (χ0) is 27.1. The summed E-state index contributed by atoms with van der Waals surface area (Å²) in [6, 6.07) is 9.16. The summed E-state index contributed by atoms with van der Waals surface area (Å²) in [4.78, 5) is 22.7. The van der Waals surface area contributed by atoms with Crippen molar-refractivity contribution >= 4 is 28.6 Å². The summed E-state index contributed by atoms with van der Waals surface area (Å²) >= 11 is 0. The van der Waals surface area contributed by atoms with Crippen molar-refractivity contribution in [3.63, 3.8) is 0 Å². The minimum atomic E-state index is -2.56. The van der Waals surface area contributed by atoms with Crippen molar-refractivity contribution in [2.45, 2.75) is 38.8 Å². The Hall–Kier alpha value is -4.06. The van der Waals surface area contributed by atoms with Crippen molar-refractivity contribution in [2.75, 3.05) is 30.5 Å². The van der Waals surface area contributed by atoms with Crippen molar-refractivity contribution in [1.29, 1.82) is 0 Å². The summed E-state index contributed by atoms with van der Waals surface area (Å²) in [6.07, 6.45) is -0.294. The topological polar surface area (TPSA) is 108 Å². The lowest BCUT2D eigenvalue weighted by Crippen LogP contribution is -2.40. The molecule has 10 nitrogen and oxygen atoms in total. The zero-order valence-electron chi connectivity index (χ0n) is 21.7. The number of hydrogen-bond donors (Lipinski definition) is 2. The van der Waals surface area contributed by atoms with E-state index in [1.807, 2.05) is 18.2 Å². The largest absolute Gasteiger partial charge is 0.477 e. The normalized spacial score (nSPS) is 18.4. The first kappa shape index (κ1) is 25.2. The molecule has 2 bridgehead atoms. The summed E-state index contributed by atoms with van der Waals surface area (Å²) in [7, 11) is 1.74. The minimum Gasteiger partial charge on any atom is -0.477 e. The fourth-order valence-electron chi connectivity index (χ4n) is 4.98. The maximum absolute atomic E-state index is 14.2. The van der Waals surface area contributed by atoms with E-state index in [9.17, 15) is 13.6 Å². The van der Waals surface area contributed by atoms with Crippen LogP contribution in [0.4, 0.5) is 20.4 Å². The molecule has 0 spiro atoms. The van der Waals surface area contributed by atoms with Crippen LogP contribution in [0.3, 0.4) is 0 Å². The molecule has 0 radical (unpaired) electrons. The standard InChI is InChI=1S/C27H29F2N7O3/c1-15-8-17-9-21(31-15)20-11-30-35(2)26(20)39-7-3-4-16(24(28)29)12-36-23-6-5-18(32-19-13-38-14-19)10-22(23)33-27(36)34-25(17)37/h5-6,8-11,16,19,24,32H,3-4,7,12-14H2,1-2H3,(H,33,34,37)/t16-/m1/s1. The molecule has 6 rings (SSSR count). The molecule has 1 fully saturated rings. The smallest absolute Gasteiger partial charge is 0.258 e. The fraction of sp³-hybridized carbons (Fsp3) is 0.407. The molecule has 2 N–H and O–H groups in total. The third-order valence-corrected chi connectivity index (χ3v) is 7.09. The number of imidazole rings is 1. The molecular weight excluding hydrogens is 508 g/mol. The molecule has 1 amide bonds. The van der Waals surface area contributed by atoms with E-state index < -0.39 is 18.3 Å². The zero-order valence-corrected chi connectivity index (χ0v) is 21.7. The second-order valence-electron chi connectivity index (χ2n) is 10.0. The number of alkyl halides is 2. The number of amides is 1. The van der Waals surface area contributed by atoms with Crippen LogP contribution in [-0.2, 0) is 18.3 Å². The van der Waals surface area contributed by atoms with E-state index >= 15 is 0 Å². The van der Waals surface area contributed by atoms with Crippen LogP contribution in [-0.4, -0.2) is 62.5 Å². The molecule has 204 valence electrons. The summed E-state index contributed by atoms with van der Waals surface area (Å²) in [5, 5.41) is 10.5. The Balaban J connectivity index is 1.42. The van der Waals surface area contributed by atoms with Gasteiger partial charge in [-0.2, -0.15) is 5.10 Å². The van der Waals surface area contributed by atoms with Crippen molar-refractivity contribution in [1.82, 2.24) is 24.3 Å². The molecule has 0 unspecified atom stereocenters. The van der Waals surface area contributed by atoms with Gasteiger partial charge in [0.05, 0.1) is 54.4 Å². The number of benzene rings is 1. The molecule has 1 atom stereocenters. The van der Waals surface area contributed by atoms with E-state index in [1.165, 1.54) is 0 Å². The lowest BCUT2D eigenvalue weighted by molar-refractivity contribution is 0.0211. The van der Waals surface area contributed by atoms with Crippen LogP contribution >= 0.6 is 0 Å². The third kappa shape index (κ3) is 5.03. The number of nitrogens with one attached hydrogen (secondary N) is 2. The number of aryl methyl sites for hydroxylation is 2. The number of nitrogens with zero attached hydrogens (tertiary/aromatic N) is 5. The number of halogens is 2. The van der Waals surface area contributed by atoms with Gasteiger partial charge in [-0.1, -0.05) is 0 Å². The number of anilines is 2. The molecule has 0 aliphatic carbocycles. The van der Waals surface area contributed by atoms with Crippen molar-refractivity contribution in [2.24, 2.45) is 13.0 Å². The third-order valence-electron chi connectivity index (χ3n) is 7.09. The molecule has 39 heavy (non-hydrogen) atoms. The number of hydrogen-bond acceptors (Lipinski definition) is 7. The van der Waals surface area contributed by atoms with Gasteiger partial charge in [-0.25, -0.2) is 18.4 Å². The van der Waals surface area contributed by atoms with Crippen LogP contribution in [0.1, 0.15) is 28.9 Å². The van der Waals surface area contributed by atoms with E-state index in [-0.39, 0.29) is 31.6 Å². The number of aromatic nitrogens is 5. The van der Waals surface area contributed by atoms with E-state index in [0.717, 1.165) is 5.69 Å². The lowest BCUT2D eigenvalue weighted by Gasteiger charge is -2.27. The van der Waals surface area contributed by atoms with Crippen LogP contribution in [0.2, 0.25) is 0 Å². The number of rotatable bonds is 3. The van der Waals surface area contributed by atoms with Gasteiger partial charge in [-0.05, 0) is 50.1 Å². The minimum absolute atomic E-state index is 0.00932. The Kier molecular flexibility index (Phi) is 6.63. The highest BCUT2D eigenvalue weighted by molar-refractivity contribution is 6.05. The van der Waals surface area contributed by atoms with Gasteiger partial charge in [-0.15, -0.1) is 0 Å². The Morgan fingerprint density at radius 1 is 1.18 bits per heavy atom. The first-order valence-corrected chi connectivity index (χ1v) is 12.9. The van der Waals surface area contributed by atoms with Gasteiger partial charge in [0.1, 0.15) is 0 Å². The number of carbonyl (C=O) groups is 1. The molecule has 3 aromatic heterocycles. The summed E-state index contributed by atoms with van der Waals surface area (Å²) in [5.74, 6) is -0.695. The molecule has 4 aromatic rings. The Morgan fingerprint density at radius 2 is 2.03 bits per heavy atom. The molecule has 0 saturated carbocycles. The number of carbonyl (C=O) groups excluding carboxylic acids is 1. The molecule has 1 aromatic carbocycles. The highest BCUT2D eigenvalue weighted by Gasteiger charge is 2.26. The number of ether oxygens (including phenoxy) is 2. The van der Waals surface area contributed by atoms with Crippen LogP contribution in [0.5, 0.6) is 5.88 Å². The maximum Gasteiger partial charge on any atom is 0.258 e. The molecular formula is C27H29F2N7O3. The van der Waals surface area contributed by atoms with Gasteiger partial charge in [0.15, 0.2) is 0 Å². The quantitative estimate of drug-likeness (QED) is 0.402. The van der Waals surface area contributed by atoms with E-state index in [1.54, 1.807) is 41.5 Å². The van der Waals surface area contributed by atoms with Crippen molar-refractivity contribution < 1.29 is 23.0 Å². The van der Waals surface area contributed by atoms with Crippen LogP contribution in [0.25, 0.3) is 22.3 Å². The van der Waals surface area contributed by atoms with Gasteiger partial charge in [0, 0.05) is 36.5 Å². The van der Waals surface area contributed by atoms with Crippen LogP contribution in [0.15, 0.2) is 36.5 Å². The molecule has 5 heterocycles. The van der Waals surface area contributed by atoms with Crippen molar-refractivity contribution in [3.05, 3.63) is 47.8 Å². The van der Waals surface area contributed by atoms with E-state index in [0.29, 0.717) is 59.1 Å². The lowest BCUT2D eigenvalue weighted by atomic mass is 10.0. The van der Waals surface area contributed by atoms with E-state index in [2.05, 4.69) is 25.7 Å². The maximum atomic E-state index is 14.2. The molecule has 2 aliphatic rings. The van der Waals surface area contributed by atoms with Crippen molar-refractivity contribution in [3.8, 4) is 17.1 Å². The van der Waals surface area contributed by atoms with Gasteiger partial charge < -0.3 is 19.4 Å². The second kappa shape index (κ2) is 10.3. The van der Waals surface area contributed by atoms with Gasteiger partial charge in [-0.3, -0.25) is 15.1 Å². The Bertz CT molecular complexity index is 1530.